The van der Waals surface area contributed by atoms with Crippen LogP contribution in [0.5, 0.6) is 0 Å². The minimum Gasteiger partial charge on any atom is -0.395 e. The molecule has 0 saturated heterocycles. The van der Waals surface area contributed by atoms with Crippen LogP contribution in [0.25, 0.3) is 10.2 Å². The minimum atomic E-state index is -0.426. The number of nitrogens with two attached hydrogens (primary N) is 1. The van der Waals surface area contributed by atoms with Gasteiger partial charge in [-0.3, -0.25) is 0 Å². The van der Waals surface area contributed by atoms with Gasteiger partial charge < -0.3 is 11.1 Å². The molecular formula is C13H9ClFN3S. The fourth-order valence-electron chi connectivity index (χ4n) is 1.81. The molecule has 1 heterocycles. The summed E-state index contributed by atoms with van der Waals surface area (Å²) >= 11 is 7.48. The van der Waals surface area contributed by atoms with Crippen LogP contribution in [0.1, 0.15) is 0 Å². The van der Waals surface area contributed by atoms with Crippen molar-refractivity contribution in [2.45, 2.75) is 0 Å². The van der Waals surface area contributed by atoms with E-state index in [1.807, 2.05) is 6.07 Å². The topological polar surface area (TPSA) is 50.9 Å². The van der Waals surface area contributed by atoms with E-state index in [1.165, 1.54) is 17.4 Å². The Morgan fingerprint density at radius 1 is 1.26 bits per heavy atom. The normalized spacial score (nSPS) is 10.8. The lowest BCUT2D eigenvalue weighted by molar-refractivity contribution is 0.632. The Balaban J connectivity index is 2.08. The molecule has 0 aliphatic carbocycles. The number of para-hydroxylation sites is 1. The van der Waals surface area contributed by atoms with E-state index >= 15 is 0 Å². The molecule has 0 atom stereocenters. The molecule has 1 aromatic heterocycles. The molecule has 0 saturated carbocycles. The highest BCUT2D eigenvalue weighted by Gasteiger charge is 2.11. The number of aromatic nitrogens is 1. The fraction of sp³-hybridized carbons (Fsp3) is 0. The molecule has 0 spiro atoms. The summed E-state index contributed by atoms with van der Waals surface area (Å²) in [4.78, 5) is 4.19. The first kappa shape index (κ1) is 12.2. The van der Waals surface area contributed by atoms with E-state index in [2.05, 4.69) is 10.3 Å². The lowest BCUT2D eigenvalue weighted by Crippen LogP contribution is -1.99. The van der Waals surface area contributed by atoms with Gasteiger partial charge in [-0.25, -0.2) is 9.37 Å². The highest BCUT2D eigenvalue weighted by atomic mass is 35.5. The highest BCUT2D eigenvalue weighted by molar-refractivity contribution is 7.16. The Morgan fingerprint density at radius 3 is 2.89 bits per heavy atom. The van der Waals surface area contributed by atoms with E-state index in [1.54, 1.807) is 23.7 Å². The second kappa shape index (κ2) is 4.68. The Kier molecular flexibility index (Phi) is 3.00. The highest BCUT2D eigenvalue weighted by Crippen LogP contribution is 2.34. The van der Waals surface area contributed by atoms with Gasteiger partial charge in [-0.2, -0.15) is 0 Å². The number of nitrogens with one attached hydrogen (secondary N) is 1. The van der Waals surface area contributed by atoms with Gasteiger partial charge in [-0.05, 0) is 24.3 Å². The number of hydrogen-bond donors (Lipinski definition) is 2. The lowest BCUT2D eigenvalue weighted by Gasteiger charge is -2.11. The molecule has 0 unspecified atom stereocenters. The van der Waals surface area contributed by atoms with E-state index < -0.39 is 5.82 Å². The van der Waals surface area contributed by atoms with Crippen molar-refractivity contribution in [3.8, 4) is 0 Å². The molecule has 0 aliphatic rings. The number of hydrogen-bond acceptors (Lipinski definition) is 4. The van der Waals surface area contributed by atoms with E-state index in [9.17, 15) is 4.39 Å². The molecule has 3 N–H and O–H groups in total. The first-order chi connectivity index (χ1) is 9.16. The minimum absolute atomic E-state index is 0.213. The van der Waals surface area contributed by atoms with Crippen molar-refractivity contribution in [2.24, 2.45) is 0 Å². The summed E-state index contributed by atoms with van der Waals surface area (Å²) in [7, 11) is 0. The first-order valence-corrected chi connectivity index (χ1v) is 6.75. The summed E-state index contributed by atoms with van der Waals surface area (Å²) < 4.78 is 14.7. The molecular weight excluding hydrogens is 285 g/mol. The predicted octanol–water partition coefficient (Wildman–Crippen LogP) is 4.41. The molecule has 96 valence electrons. The van der Waals surface area contributed by atoms with Gasteiger partial charge in [0.1, 0.15) is 11.3 Å². The van der Waals surface area contributed by atoms with Crippen LogP contribution in [0.2, 0.25) is 5.02 Å². The molecule has 2 aromatic carbocycles. The zero-order chi connectivity index (χ0) is 13.4. The standard InChI is InChI=1S/C13H9ClFN3S/c14-7-2-1-3-8(15)12(7)18-9-4-5-10-13(11(9)16)17-6-19-10/h1-6,18H,16H2. The summed E-state index contributed by atoms with van der Waals surface area (Å²) in [6.45, 7) is 0. The van der Waals surface area contributed by atoms with Crippen LogP contribution >= 0.6 is 22.9 Å². The number of nitrogen functional groups attached to an aromatic ring is 1. The fourth-order valence-corrected chi connectivity index (χ4v) is 2.72. The van der Waals surface area contributed by atoms with Crippen molar-refractivity contribution in [2.75, 3.05) is 11.1 Å². The summed E-state index contributed by atoms with van der Waals surface area (Å²) in [5.74, 6) is -0.426. The number of rotatable bonds is 2. The van der Waals surface area contributed by atoms with E-state index in [0.717, 1.165) is 4.70 Å². The maximum absolute atomic E-state index is 13.7. The van der Waals surface area contributed by atoms with Crippen LogP contribution in [0.15, 0.2) is 35.8 Å². The van der Waals surface area contributed by atoms with Crippen molar-refractivity contribution in [1.82, 2.24) is 4.98 Å². The van der Waals surface area contributed by atoms with Gasteiger partial charge in [0.05, 0.1) is 32.3 Å². The average molecular weight is 294 g/mol. The summed E-state index contributed by atoms with van der Waals surface area (Å²) in [5, 5.41) is 3.23. The van der Waals surface area contributed by atoms with Gasteiger partial charge in [0.2, 0.25) is 0 Å². The van der Waals surface area contributed by atoms with Gasteiger partial charge >= 0.3 is 0 Å². The Bertz CT molecular complexity index is 736. The largest absolute Gasteiger partial charge is 0.395 e. The van der Waals surface area contributed by atoms with Crippen molar-refractivity contribution in [3.63, 3.8) is 0 Å². The molecule has 0 aliphatic heterocycles. The molecule has 0 amide bonds. The van der Waals surface area contributed by atoms with Crippen molar-refractivity contribution < 1.29 is 4.39 Å². The first-order valence-electron chi connectivity index (χ1n) is 5.49. The Labute approximate surface area is 117 Å². The maximum Gasteiger partial charge on any atom is 0.148 e. The molecule has 0 bridgehead atoms. The van der Waals surface area contributed by atoms with E-state index in [-0.39, 0.29) is 5.69 Å². The zero-order valence-corrected chi connectivity index (χ0v) is 11.2. The Hall–Kier alpha value is -1.85. The van der Waals surface area contributed by atoms with E-state index in [4.69, 9.17) is 17.3 Å². The summed E-state index contributed by atoms with van der Waals surface area (Å²) in [6.07, 6.45) is 0. The number of thiazole rings is 1. The second-order valence-electron chi connectivity index (χ2n) is 3.95. The predicted molar refractivity (Wildman–Crippen MR) is 78.7 cm³/mol. The van der Waals surface area contributed by atoms with Crippen LogP contribution < -0.4 is 11.1 Å². The van der Waals surface area contributed by atoms with Crippen LogP contribution in [0.4, 0.5) is 21.5 Å². The average Bonchev–Trinajstić information content (AvgIpc) is 2.85. The molecule has 6 heteroatoms. The van der Waals surface area contributed by atoms with Crippen LogP contribution in [-0.4, -0.2) is 4.98 Å². The van der Waals surface area contributed by atoms with Gasteiger partial charge in [-0.15, -0.1) is 11.3 Å². The zero-order valence-electron chi connectivity index (χ0n) is 9.65. The smallest absolute Gasteiger partial charge is 0.148 e. The third kappa shape index (κ3) is 2.11. The maximum atomic E-state index is 13.7. The van der Waals surface area contributed by atoms with Crippen LogP contribution in [0.3, 0.4) is 0 Å². The van der Waals surface area contributed by atoms with Gasteiger partial charge in [-0.1, -0.05) is 17.7 Å². The van der Waals surface area contributed by atoms with Gasteiger partial charge in [0.15, 0.2) is 0 Å². The number of fused-ring (bicyclic) bond motifs is 1. The van der Waals surface area contributed by atoms with Crippen molar-refractivity contribution >= 4 is 50.2 Å². The Morgan fingerprint density at radius 2 is 2.11 bits per heavy atom. The van der Waals surface area contributed by atoms with Crippen molar-refractivity contribution in [3.05, 3.63) is 46.7 Å². The number of nitrogens with zero attached hydrogens (tertiary/aromatic N) is 1. The van der Waals surface area contributed by atoms with Gasteiger partial charge in [0.25, 0.3) is 0 Å². The third-order valence-corrected chi connectivity index (χ3v) is 3.87. The van der Waals surface area contributed by atoms with Gasteiger partial charge in [0, 0.05) is 0 Å². The van der Waals surface area contributed by atoms with Crippen LogP contribution in [0, 0.1) is 5.82 Å². The van der Waals surface area contributed by atoms with Crippen LogP contribution in [-0.2, 0) is 0 Å². The lowest BCUT2D eigenvalue weighted by atomic mass is 10.2. The number of halogens is 2. The SMILES string of the molecule is Nc1c(Nc2c(F)cccc2Cl)ccc2scnc12. The number of benzene rings is 2. The number of anilines is 3. The summed E-state index contributed by atoms with van der Waals surface area (Å²) in [6, 6.07) is 8.19. The second-order valence-corrected chi connectivity index (χ2v) is 5.24. The molecule has 0 fully saturated rings. The third-order valence-electron chi connectivity index (χ3n) is 2.76. The molecule has 0 radical (unpaired) electrons. The molecule has 3 rings (SSSR count). The molecule has 3 nitrogen and oxygen atoms in total. The van der Waals surface area contributed by atoms with Crippen molar-refractivity contribution in [1.29, 1.82) is 0 Å². The molecule has 19 heavy (non-hydrogen) atoms. The van der Waals surface area contributed by atoms with E-state index in [0.29, 0.717) is 21.9 Å². The summed E-state index contributed by atoms with van der Waals surface area (Å²) in [5.41, 5.74) is 9.75. The monoisotopic (exact) mass is 293 g/mol. The molecule has 3 aromatic rings. The quantitative estimate of drug-likeness (QED) is 0.688.